The topological polar surface area (TPSA) is 96.0 Å². The summed E-state index contributed by atoms with van der Waals surface area (Å²) < 4.78 is 50.5. The van der Waals surface area contributed by atoms with E-state index in [-0.39, 0.29) is 46.8 Å². The van der Waals surface area contributed by atoms with E-state index in [0.717, 1.165) is 46.7 Å². The largest absolute Gasteiger partial charge is 0.495 e. The number of aryl methyl sites for hydroxylation is 2. The summed E-state index contributed by atoms with van der Waals surface area (Å²) in [5.41, 5.74) is 2.81. The average Bonchev–Trinajstić information content (AvgIpc) is 3.59. The van der Waals surface area contributed by atoms with Crippen molar-refractivity contribution in [1.82, 2.24) is 10.2 Å². The summed E-state index contributed by atoms with van der Waals surface area (Å²) in [4.78, 5) is 30.1. The lowest BCUT2D eigenvalue weighted by Crippen LogP contribution is -2.54. The fourth-order valence-corrected chi connectivity index (χ4v) is 7.49. The normalized spacial score (nSPS) is 13.9. The molecule has 1 unspecified atom stereocenters. The second-order valence-corrected chi connectivity index (χ2v) is 14.2. The van der Waals surface area contributed by atoms with Crippen LogP contribution in [-0.4, -0.2) is 50.9 Å². The van der Waals surface area contributed by atoms with Gasteiger partial charge < -0.3 is 15.0 Å². The molecule has 252 valence electrons. The first-order chi connectivity index (χ1) is 23.1. The van der Waals surface area contributed by atoms with Crippen LogP contribution in [0.15, 0.2) is 102 Å². The molecular weight excluding hydrogens is 629 g/mol. The number of nitrogens with zero attached hydrogens (tertiary/aromatic N) is 2. The zero-order valence-corrected chi connectivity index (χ0v) is 28.4. The molecule has 4 aromatic carbocycles. The molecule has 1 N–H and O–H groups in total. The summed E-state index contributed by atoms with van der Waals surface area (Å²) in [7, 11) is -2.89. The third-order valence-corrected chi connectivity index (χ3v) is 10.5. The van der Waals surface area contributed by atoms with Gasteiger partial charge in [0.05, 0.1) is 17.7 Å². The molecule has 0 saturated heterocycles. The summed E-state index contributed by atoms with van der Waals surface area (Å²) in [6.45, 7) is 2.76. The number of anilines is 1. The number of ether oxygens (including phenoxy) is 1. The molecule has 0 aliphatic heterocycles. The fourth-order valence-electron chi connectivity index (χ4n) is 6.08. The van der Waals surface area contributed by atoms with Crippen molar-refractivity contribution in [2.45, 2.75) is 69.5 Å². The Balaban J connectivity index is 1.61. The van der Waals surface area contributed by atoms with Gasteiger partial charge in [-0.3, -0.25) is 13.9 Å². The van der Waals surface area contributed by atoms with Gasteiger partial charge in [-0.1, -0.05) is 85.1 Å². The lowest BCUT2D eigenvalue weighted by Gasteiger charge is -2.34. The Morgan fingerprint density at radius 1 is 0.896 bits per heavy atom. The van der Waals surface area contributed by atoms with E-state index in [0.29, 0.717) is 0 Å². The van der Waals surface area contributed by atoms with E-state index in [1.807, 2.05) is 44.2 Å². The van der Waals surface area contributed by atoms with Crippen molar-refractivity contribution in [2.75, 3.05) is 18.0 Å². The Morgan fingerprint density at radius 2 is 1.54 bits per heavy atom. The Kier molecular flexibility index (Phi) is 11.2. The van der Waals surface area contributed by atoms with Crippen molar-refractivity contribution in [2.24, 2.45) is 0 Å². The van der Waals surface area contributed by atoms with Crippen LogP contribution in [0.1, 0.15) is 47.9 Å². The molecule has 8 nitrogen and oxygen atoms in total. The Labute approximate surface area is 282 Å². The van der Waals surface area contributed by atoms with Gasteiger partial charge in [0, 0.05) is 24.6 Å². The van der Waals surface area contributed by atoms with Crippen LogP contribution >= 0.6 is 0 Å². The highest BCUT2D eigenvalue weighted by atomic mass is 32.2. The van der Waals surface area contributed by atoms with Gasteiger partial charge in [0.2, 0.25) is 11.8 Å². The summed E-state index contributed by atoms with van der Waals surface area (Å²) in [6, 6.07) is 25.8. The molecule has 1 atom stereocenters. The lowest BCUT2D eigenvalue weighted by molar-refractivity contribution is -0.140. The predicted octanol–water partition coefficient (Wildman–Crippen LogP) is 6.35. The van der Waals surface area contributed by atoms with Crippen LogP contribution in [-0.2, 0) is 32.6 Å². The molecular formula is C38H42FN3O5S. The minimum atomic E-state index is -4.32. The molecule has 0 spiro atoms. The van der Waals surface area contributed by atoms with E-state index in [4.69, 9.17) is 4.74 Å². The van der Waals surface area contributed by atoms with Crippen molar-refractivity contribution in [1.29, 1.82) is 0 Å². The van der Waals surface area contributed by atoms with Crippen LogP contribution in [0.3, 0.4) is 0 Å². The number of carbonyl (C=O) groups excluding carboxylic acids is 2. The van der Waals surface area contributed by atoms with Crippen molar-refractivity contribution in [3.05, 3.63) is 125 Å². The molecule has 1 aliphatic carbocycles. The zero-order chi connectivity index (χ0) is 34.3. The van der Waals surface area contributed by atoms with Gasteiger partial charge in [-0.2, -0.15) is 0 Å². The zero-order valence-electron chi connectivity index (χ0n) is 27.6. The lowest BCUT2D eigenvalue weighted by atomic mass is 10.0. The first-order valence-corrected chi connectivity index (χ1v) is 17.6. The van der Waals surface area contributed by atoms with Gasteiger partial charge in [0.15, 0.2) is 0 Å². The summed E-state index contributed by atoms with van der Waals surface area (Å²) in [5, 5.41) is 3.13. The van der Waals surface area contributed by atoms with Crippen LogP contribution in [0.5, 0.6) is 5.75 Å². The van der Waals surface area contributed by atoms with Crippen LogP contribution < -0.4 is 14.4 Å². The van der Waals surface area contributed by atoms with E-state index in [2.05, 4.69) is 5.32 Å². The molecule has 1 saturated carbocycles. The number of halogens is 1. The van der Waals surface area contributed by atoms with Gasteiger partial charge in [-0.15, -0.1) is 0 Å². The number of hydrogen-bond acceptors (Lipinski definition) is 5. The van der Waals surface area contributed by atoms with E-state index in [1.54, 1.807) is 48.5 Å². The van der Waals surface area contributed by atoms with Gasteiger partial charge in [0.1, 0.15) is 24.2 Å². The smallest absolute Gasteiger partial charge is 0.264 e. The number of sulfonamides is 1. The van der Waals surface area contributed by atoms with Gasteiger partial charge >= 0.3 is 0 Å². The number of methoxy groups -OCH3 is 1. The van der Waals surface area contributed by atoms with Crippen LogP contribution in [0.2, 0.25) is 0 Å². The third-order valence-electron chi connectivity index (χ3n) is 8.76. The quantitative estimate of drug-likeness (QED) is 0.179. The Morgan fingerprint density at radius 3 is 2.21 bits per heavy atom. The van der Waals surface area contributed by atoms with Gasteiger partial charge in [-0.05, 0) is 68.1 Å². The molecule has 10 heteroatoms. The van der Waals surface area contributed by atoms with Gasteiger partial charge in [-0.25, -0.2) is 12.8 Å². The molecule has 5 rings (SSSR count). The molecule has 1 aliphatic rings. The summed E-state index contributed by atoms with van der Waals surface area (Å²) >= 11 is 0. The second-order valence-electron chi connectivity index (χ2n) is 12.3. The fraction of sp³-hybridized carbons (Fsp3) is 0.316. The Hall–Kier alpha value is -4.70. The standard InChI is InChI=1S/C38H42FN3O5S/c1-27-17-20-32(21-18-27)48(45,46)42(34-23-28(2)19-22-36(34)47-3)26-37(43)41(25-30-13-7-10-16-33(30)39)35(24-29-11-5-4-6-12-29)38(44)40-31-14-8-9-15-31/h4-7,10-13,16-23,31,35H,8-9,14-15,24-26H2,1-3H3,(H,40,44). The van der Waals surface area contributed by atoms with E-state index >= 15 is 4.39 Å². The number of nitrogens with one attached hydrogen (secondary N) is 1. The minimum Gasteiger partial charge on any atom is -0.495 e. The first-order valence-electron chi connectivity index (χ1n) is 16.2. The number of amides is 2. The monoisotopic (exact) mass is 671 g/mol. The van der Waals surface area contributed by atoms with E-state index in [9.17, 15) is 18.0 Å². The Bertz CT molecular complexity index is 1830. The molecule has 0 aromatic heterocycles. The number of hydrogen-bond donors (Lipinski definition) is 1. The SMILES string of the molecule is COc1ccc(C)cc1N(CC(=O)N(Cc1ccccc1F)C(Cc1ccccc1)C(=O)NC1CCCC1)S(=O)(=O)c1ccc(C)cc1. The molecule has 4 aromatic rings. The van der Waals surface area contributed by atoms with E-state index < -0.39 is 34.3 Å². The van der Waals surface area contributed by atoms with Crippen LogP contribution in [0.4, 0.5) is 10.1 Å². The van der Waals surface area contributed by atoms with Crippen molar-refractivity contribution >= 4 is 27.5 Å². The van der Waals surface area contributed by atoms with Crippen LogP contribution in [0, 0.1) is 19.7 Å². The predicted molar refractivity (Wildman–Crippen MR) is 185 cm³/mol. The van der Waals surface area contributed by atoms with Crippen LogP contribution in [0.25, 0.3) is 0 Å². The molecule has 0 bridgehead atoms. The number of benzene rings is 4. The molecule has 2 amide bonds. The van der Waals surface area contributed by atoms with Crippen molar-refractivity contribution in [3.63, 3.8) is 0 Å². The van der Waals surface area contributed by atoms with Crippen molar-refractivity contribution < 1.29 is 27.1 Å². The first kappa shape index (κ1) is 34.6. The highest BCUT2D eigenvalue weighted by Gasteiger charge is 2.36. The second kappa shape index (κ2) is 15.5. The maximum Gasteiger partial charge on any atom is 0.264 e. The third kappa shape index (κ3) is 8.23. The number of carbonyl (C=O) groups is 2. The van der Waals surface area contributed by atoms with Gasteiger partial charge in [0.25, 0.3) is 10.0 Å². The van der Waals surface area contributed by atoms with E-state index in [1.165, 1.54) is 30.2 Å². The minimum absolute atomic E-state index is 0.00933. The molecule has 1 fully saturated rings. The number of rotatable bonds is 13. The molecule has 0 heterocycles. The van der Waals surface area contributed by atoms with Crippen molar-refractivity contribution in [3.8, 4) is 5.75 Å². The highest BCUT2D eigenvalue weighted by molar-refractivity contribution is 7.92. The maximum absolute atomic E-state index is 15.2. The highest BCUT2D eigenvalue weighted by Crippen LogP contribution is 2.34. The maximum atomic E-state index is 15.2. The average molecular weight is 672 g/mol. The molecule has 48 heavy (non-hydrogen) atoms. The summed E-state index contributed by atoms with van der Waals surface area (Å²) in [6.07, 6.45) is 3.81. The molecule has 0 radical (unpaired) electrons. The summed E-state index contributed by atoms with van der Waals surface area (Å²) in [5.74, 6) is -1.31.